The number of hydrogen-bond donors (Lipinski definition) is 1. The van der Waals surface area contributed by atoms with Crippen LogP contribution in [0.1, 0.15) is 22.7 Å². The first-order valence-electron chi connectivity index (χ1n) is 8.46. The smallest absolute Gasteiger partial charge is 0.258 e. The van der Waals surface area contributed by atoms with Crippen LogP contribution in [0.4, 0.5) is 0 Å². The standard InChI is InChI=1S/C20H21N3O4/c1-12-10-16-18(20(24)23(12)8-9-25-2)17(15(11-21)19(22)27-16)13-4-6-14(26-3)7-5-13/h4-7,10,17H,8-9,22H2,1-3H3/t17-/m1/s1. The molecule has 0 saturated heterocycles. The van der Waals surface area contributed by atoms with Crippen LogP contribution in [0.2, 0.25) is 0 Å². The number of allylic oxidation sites excluding steroid dienone is 1. The van der Waals surface area contributed by atoms with E-state index in [9.17, 15) is 10.1 Å². The maximum Gasteiger partial charge on any atom is 0.258 e. The third-order valence-electron chi connectivity index (χ3n) is 4.66. The molecule has 0 aliphatic carbocycles. The van der Waals surface area contributed by atoms with Crippen molar-refractivity contribution in [3.8, 4) is 17.6 Å². The average molecular weight is 367 g/mol. The SMILES string of the molecule is COCCn1c(C)cc2c(c1=O)[C@H](c1ccc(OC)cc1)C(C#N)=C(N)O2. The van der Waals surface area contributed by atoms with E-state index in [1.165, 1.54) is 0 Å². The minimum Gasteiger partial charge on any atom is -0.497 e. The quantitative estimate of drug-likeness (QED) is 0.868. The molecule has 1 aromatic carbocycles. The molecule has 27 heavy (non-hydrogen) atoms. The van der Waals surface area contributed by atoms with Gasteiger partial charge in [0.15, 0.2) is 0 Å². The largest absolute Gasteiger partial charge is 0.497 e. The van der Waals surface area contributed by atoms with E-state index in [2.05, 4.69) is 6.07 Å². The van der Waals surface area contributed by atoms with E-state index in [1.807, 2.05) is 19.1 Å². The summed E-state index contributed by atoms with van der Waals surface area (Å²) in [7, 11) is 3.16. The van der Waals surface area contributed by atoms with Gasteiger partial charge in [-0.2, -0.15) is 5.26 Å². The van der Waals surface area contributed by atoms with Gasteiger partial charge in [0.1, 0.15) is 23.1 Å². The summed E-state index contributed by atoms with van der Waals surface area (Å²) in [6.45, 7) is 2.63. The van der Waals surface area contributed by atoms with Gasteiger partial charge < -0.3 is 24.5 Å². The van der Waals surface area contributed by atoms with Crippen LogP contribution in [0.3, 0.4) is 0 Å². The second-order valence-corrected chi connectivity index (χ2v) is 6.21. The van der Waals surface area contributed by atoms with Gasteiger partial charge in [-0.25, -0.2) is 0 Å². The number of nitriles is 1. The van der Waals surface area contributed by atoms with Crippen molar-refractivity contribution < 1.29 is 14.2 Å². The van der Waals surface area contributed by atoms with Crippen molar-refractivity contribution in [2.75, 3.05) is 20.8 Å². The molecule has 0 unspecified atom stereocenters. The number of nitrogens with zero attached hydrogens (tertiary/aromatic N) is 2. The fraction of sp³-hybridized carbons (Fsp3) is 0.300. The molecule has 0 bridgehead atoms. The summed E-state index contributed by atoms with van der Waals surface area (Å²) in [6.07, 6.45) is 0. The molecule has 2 N–H and O–H groups in total. The maximum absolute atomic E-state index is 13.2. The van der Waals surface area contributed by atoms with Gasteiger partial charge in [0, 0.05) is 25.4 Å². The van der Waals surface area contributed by atoms with Gasteiger partial charge in [0.25, 0.3) is 5.56 Å². The van der Waals surface area contributed by atoms with E-state index in [-0.39, 0.29) is 17.0 Å². The highest BCUT2D eigenvalue weighted by atomic mass is 16.5. The van der Waals surface area contributed by atoms with Crippen LogP contribution in [0.25, 0.3) is 0 Å². The number of ether oxygens (including phenoxy) is 3. The summed E-state index contributed by atoms with van der Waals surface area (Å²) in [5.41, 5.74) is 7.88. The summed E-state index contributed by atoms with van der Waals surface area (Å²) in [5.74, 6) is 0.470. The maximum atomic E-state index is 13.2. The summed E-state index contributed by atoms with van der Waals surface area (Å²) in [5, 5.41) is 9.65. The molecule has 1 atom stereocenters. The van der Waals surface area contributed by atoms with Gasteiger partial charge >= 0.3 is 0 Å². The predicted molar refractivity (Wildman–Crippen MR) is 99.6 cm³/mol. The topological polar surface area (TPSA) is 99.5 Å². The first-order valence-corrected chi connectivity index (χ1v) is 8.46. The Kier molecular flexibility index (Phi) is 5.19. The molecule has 140 valence electrons. The Morgan fingerprint density at radius 2 is 2.00 bits per heavy atom. The fourth-order valence-electron chi connectivity index (χ4n) is 3.28. The van der Waals surface area contributed by atoms with Crippen LogP contribution in [0.15, 0.2) is 46.6 Å². The van der Waals surface area contributed by atoms with E-state index >= 15 is 0 Å². The lowest BCUT2D eigenvalue weighted by Gasteiger charge is -2.27. The van der Waals surface area contributed by atoms with Gasteiger partial charge in [-0.05, 0) is 24.6 Å². The number of hydrogen-bond acceptors (Lipinski definition) is 6. The Balaban J connectivity index is 2.23. The molecule has 2 heterocycles. The number of rotatable bonds is 5. The molecule has 1 aromatic heterocycles. The molecule has 0 amide bonds. The summed E-state index contributed by atoms with van der Waals surface area (Å²) < 4.78 is 17.5. The number of aryl methyl sites for hydroxylation is 1. The third-order valence-corrected chi connectivity index (χ3v) is 4.66. The highest BCUT2D eigenvalue weighted by Gasteiger charge is 2.34. The number of nitrogens with two attached hydrogens (primary N) is 1. The Hall–Kier alpha value is -3.24. The highest BCUT2D eigenvalue weighted by molar-refractivity contribution is 5.55. The zero-order valence-electron chi connectivity index (χ0n) is 15.5. The average Bonchev–Trinajstić information content (AvgIpc) is 2.67. The van der Waals surface area contributed by atoms with Crippen molar-refractivity contribution in [1.29, 1.82) is 5.26 Å². The second-order valence-electron chi connectivity index (χ2n) is 6.21. The van der Waals surface area contributed by atoms with Crippen LogP contribution >= 0.6 is 0 Å². The van der Waals surface area contributed by atoms with Crippen molar-refractivity contribution in [2.45, 2.75) is 19.4 Å². The van der Waals surface area contributed by atoms with Gasteiger partial charge in [-0.3, -0.25) is 4.79 Å². The predicted octanol–water partition coefficient (Wildman–Crippen LogP) is 2.03. The molecule has 3 rings (SSSR count). The Bertz CT molecular complexity index is 984. The summed E-state index contributed by atoms with van der Waals surface area (Å²) in [6, 6.07) is 11.1. The minimum absolute atomic E-state index is 0.0132. The molecular formula is C20H21N3O4. The van der Waals surface area contributed by atoms with Crippen LogP contribution < -0.4 is 20.8 Å². The van der Waals surface area contributed by atoms with Crippen LogP contribution in [-0.4, -0.2) is 25.4 Å². The van der Waals surface area contributed by atoms with Crippen molar-refractivity contribution in [3.05, 3.63) is 69.0 Å². The zero-order chi connectivity index (χ0) is 19.6. The minimum atomic E-state index is -0.605. The van der Waals surface area contributed by atoms with Crippen LogP contribution in [-0.2, 0) is 11.3 Å². The monoisotopic (exact) mass is 367 g/mol. The molecule has 7 heteroatoms. The van der Waals surface area contributed by atoms with Crippen molar-refractivity contribution in [2.24, 2.45) is 5.73 Å². The van der Waals surface area contributed by atoms with E-state index < -0.39 is 5.92 Å². The number of methoxy groups -OCH3 is 2. The third kappa shape index (κ3) is 3.27. The first-order chi connectivity index (χ1) is 13.0. The number of pyridine rings is 1. The van der Waals surface area contributed by atoms with E-state index in [4.69, 9.17) is 19.9 Å². The van der Waals surface area contributed by atoms with Crippen molar-refractivity contribution >= 4 is 0 Å². The van der Waals surface area contributed by atoms with Gasteiger partial charge in [-0.1, -0.05) is 12.1 Å². The molecule has 0 fully saturated rings. The Morgan fingerprint density at radius 3 is 2.59 bits per heavy atom. The lowest BCUT2D eigenvalue weighted by molar-refractivity contribution is 0.185. The van der Waals surface area contributed by atoms with Crippen molar-refractivity contribution in [1.82, 2.24) is 4.57 Å². The summed E-state index contributed by atoms with van der Waals surface area (Å²) >= 11 is 0. The molecule has 0 saturated carbocycles. The Labute approximate surface area is 157 Å². The second kappa shape index (κ2) is 7.56. The van der Waals surface area contributed by atoms with Gasteiger partial charge in [0.05, 0.1) is 25.2 Å². The fourth-order valence-corrected chi connectivity index (χ4v) is 3.28. The first kappa shape index (κ1) is 18.5. The zero-order valence-corrected chi connectivity index (χ0v) is 15.5. The lowest BCUT2D eigenvalue weighted by atomic mass is 9.84. The number of benzene rings is 1. The molecule has 2 aromatic rings. The lowest BCUT2D eigenvalue weighted by Crippen LogP contribution is -2.33. The number of aromatic nitrogens is 1. The van der Waals surface area contributed by atoms with Gasteiger partial charge in [-0.15, -0.1) is 0 Å². The molecule has 1 aliphatic rings. The van der Waals surface area contributed by atoms with Gasteiger partial charge in [0.2, 0.25) is 5.88 Å². The van der Waals surface area contributed by atoms with Crippen molar-refractivity contribution in [3.63, 3.8) is 0 Å². The van der Waals surface area contributed by atoms with E-state index in [1.54, 1.807) is 37.0 Å². The normalized spacial score (nSPS) is 15.7. The Morgan fingerprint density at radius 1 is 1.30 bits per heavy atom. The molecule has 7 nitrogen and oxygen atoms in total. The molecule has 0 radical (unpaired) electrons. The molecule has 0 spiro atoms. The number of fused-ring (bicyclic) bond motifs is 1. The van der Waals surface area contributed by atoms with Crippen LogP contribution in [0, 0.1) is 18.3 Å². The van der Waals surface area contributed by atoms with Crippen LogP contribution in [0.5, 0.6) is 11.5 Å². The molecular weight excluding hydrogens is 346 g/mol. The van der Waals surface area contributed by atoms with E-state index in [0.29, 0.717) is 30.2 Å². The van der Waals surface area contributed by atoms with E-state index in [0.717, 1.165) is 11.3 Å². The highest BCUT2D eigenvalue weighted by Crippen LogP contribution is 2.40. The summed E-state index contributed by atoms with van der Waals surface area (Å²) in [4.78, 5) is 13.2. The molecule has 1 aliphatic heterocycles.